The Bertz CT molecular complexity index is 799. The molecule has 3 heterocycles. The first kappa shape index (κ1) is 18.9. The summed E-state index contributed by atoms with van der Waals surface area (Å²) in [5.41, 5.74) is 2.55. The minimum absolute atomic E-state index is 0.146. The molecule has 1 aromatic heterocycles. The fourth-order valence-electron chi connectivity index (χ4n) is 4.15. The first-order chi connectivity index (χ1) is 13.7. The highest BCUT2D eigenvalue weighted by molar-refractivity contribution is 5.80. The zero-order valence-corrected chi connectivity index (χ0v) is 16.8. The second kappa shape index (κ2) is 8.73. The normalized spacial score (nSPS) is 25.2. The lowest BCUT2D eigenvalue weighted by atomic mass is 9.89. The molecular formula is C21H30N6O. The maximum Gasteiger partial charge on any atom is 0.191 e. The van der Waals surface area contributed by atoms with Crippen LogP contribution in [0.4, 0.5) is 0 Å². The molecule has 1 saturated heterocycles. The molecule has 7 heteroatoms. The Kier molecular flexibility index (Phi) is 5.90. The van der Waals surface area contributed by atoms with Gasteiger partial charge in [0.2, 0.25) is 0 Å². The zero-order chi connectivity index (χ0) is 19.3. The van der Waals surface area contributed by atoms with E-state index in [1.54, 1.807) is 6.33 Å². The number of aliphatic imine (C=N–C) groups is 1. The van der Waals surface area contributed by atoms with Gasteiger partial charge in [0.25, 0.3) is 0 Å². The molecular weight excluding hydrogens is 352 g/mol. The molecule has 7 nitrogen and oxygen atoms in total. The molecule has 28 heavy (non-hydrogen) atoms. The summed E-state index contributed by atoms with van der Waals surface area (Å²) in [5, 5.41) is 11.4. The molecule has 1 fully saturated rings. The minimum atomic E-state index is 0.146. The summed E-state index contributed by atoms with van der Waals surface area (Å²) in [7, 11) is 1.83. The average Bonchev–Trinajstić information content (AvgIpc) is 3.20. The molecule has 2 aromatic rings. The van der Waals surface area contributed by atoms with Gasteiger partial charge < -0.3 is 15.4 Å². The van der Waals surface area contributed by atoms with E-state index >= 15 is 0 Å². The van der Waals surface area contributed by atoms with Crippen molar-refractivity contribution in [3.8, 4) is 0 Å². The molecule has 1 aromatic carbocycles. The first-order valence-electron chi connectivity index (χ1n) is 10.2. The zero-order valence-electron chi connectivity index (χ0n) is 16.8. The van der Waals surface area contributed by atoms with Gasteiger partial charge in [-0.1, -0.05) is 29.8 Å². The summed E-state index contributed by atoms with van der Waals surface area (Å²) < 4.78 is 8.13. The number of hydrogen-bond acceptors (Lipinski definition) is 4. The predicted octanol–water partition coefficient (Wildman–Crippen LogP) is 2.23. The number of fused-ring (bicyclic) bond motifs is 1. The van der Waals surface area contributed by atoms with E-state index in [-0.39, 0.29) is 6.10 Å². The highest BCUT2D eigenvalue weighted by Crippen LogP contribution is 2.33. The molecule has 0 amide bonds. The number of aromatic nitrogens is 3. The molecule has 0 radical (unpaired) electrons. The van der Waals surface area contributed by atoms with Crippen molar-refractivity contribution < 1.29 is 4.74 Å². The first-order valence-corrected chi connectivity index (χ1v) is 10.2. The highest BCUT2D eigenvalue weighted by atomic mass is 16.5. The Hall–Kier alpha value is -2.41. The standard InChI is InChI=1S/C21H30N6O/c1-15-5-7-16(8-6-15)20-17(4-3-11-28-20)12-23-21(22-2)26-18-9-10-19-24-14-25-27(19)13-18/h5-8,14,17-18,20H,3-4,9-13H2,1-2H3,(H2,22,23,26). The quantitative estimate of drug-likeness (QED) is 0.626. The Morgan fingerprint density at radius 2 is 2.14 bits per heavy atom. The predicted molar refractivity (Wildman–Crippen MR) is 109 cm³/mol. The molecule has 2 aliphatic rings. The SMILES string of the molecule is CN=C(NCC1CCCOC1c1ccc(C)cc1)NC1CCc2ncnn2C1. The van der Waals surface area contributed by atoms with Crippen molar-refractivity contribution in [3.63, 3.8) is 0 Å². The molecule has 3 atom stereocenters. The van der Waals surface area contributed by atoms with Crippen LogP contribution in [0.2, 0.25) is 0 Å². The Labute approximate surface area is 166 Å². The van der Waals surface area contributed by atoms with Crippen LogP contribution in [-0.2, 0) is 17.7 Å². The van der Waals surface area contributed by atoms with Crippen LogP contribution in [-0.4, -0.2) is 47.0 Å². The van der Waals surface area contributed by atoms with Crippen molar-refractivity contribution in [1.29, 1.82) is 0 Å². The van der Waals surface area contributed by atoms with Crippen molar-refractivity contribution in [1.82, 2.24) is 25.4 Å². The number of nitrogens with zero attached hydrogens (tertiary/aromatic N) is 4. The fourth-order valence-corrected chi connectivity index (χ4v) is 4.15. The van der Waals surface area contributed by atoms with Crippen molar-refractivity contribution in [2.45, 2.75) is 51.3 Å². The van der Waals surface area contributed by atoms with E-state index in [4.69, 9.17) is 4.74 Å². The molecule has 0 aliphatic carbocycles. The number of nitrogens with one attached hydrogen (secondary N) is 2. The van der Waals surface area contributed by atoms with E-state index in [1.807, 2.05) is 11.7 Å². The van der Waals surface area contributed by atoms with Crippen LogP contribution in [0.3, 0.4) is 0 Å². The number of benzene rings is 1. The smallest absolute Gasteiger partial charge is 0.191 e. The van der Waals surface area contributed by atoms with Crippen LogP contribution in [0.5, 0.6) is 0 Å². The Balaban J connectivity index is 1.34. The van der Waals surface area contributed by atoms with Crippen LogP contribution in [0.1, 0.15) is 42.3 Å². The third-order valence-corrected chi connectivity index (χ3v) is 5.75. The van der Waals surface area contributed by atoms with E-state index in [0.717, 1.165) is 57.2 Å². The molecule has 0 bridgehead atoms. The monoisotopic (exact) mass is 382 g/mol. The van der Waals surface area contributed by atoms with E-state index in [2.05, 4.69) is 56.9 Å². The lowest BCUT2D eigenvalue weighted by Gasteiger charge is -2.33. The van der Waals surface area contributed by atoms with Crippen LogP contribution in [0.15, 0.2) is 35.6 Å². The largest absolute Gasteiger partial charge is 0.373 e. The van der Waals surface area contributed by atoms with Crippen molar-refractivity contribution in [2.24, 2.45) is 10.9 Å². The fraction of sp³-hybridized carbons (Fsp3) is 0.571. The van der Waals surface area contributed by atoms with Gasteiger partial charge in [0.15, 0.2) is 5.96 Å². The highest BCUT2D eigenvalue weighted by Gasteiger charge is 2.28. The van der Waals surface area contributed by atoms with Crippen LogP contribution >= 0.6 is 0 Å². The number of ether oxygens (including phenoxy) is 1. The summed E-state index contributed by atoms with van der Waals surface area (Å²) in [6.07, 6.45) is 6.04. The molecule has 150 valence electrons. The van der Waals surface area contributed by atoms with E-state index in [9.17, 15) is 0 Å². The van der Waals surface area contributed by atoms with Gasteiger partial charge >= 0.3 is 0 Å². The van der Waals surface area contributed by atoms with Crippen LogP contribution in [0, 0.1) is 12.8 Å². The molecule has 3 unspecified atom stereocenters. The molecule has 4 rings (SSSR count). The van der Waals surface area contributed by atoms with Crippen LogP contribution in [0.25, 0.3) is 0 Å². The van der Waals surface area contributed by atoms with Crippen molar-refractivity contribution in [2.75, 3.05) is 20.2 Å². The van der Waals surface area contributed by atoms with Gasteiger partial charge in [0, 0.05) is 38.6 Å². The summed E-state index contributed by atoms with van der Waals surface area (Å²) in [6.45, 7) is 4.63. The Morgan fingerprint density at radius 3 is 2.96 bits per heavy atom. The van der Waals surface area contributed by atoms with Gasteiger partial charge in [-0.3, -0.25) is 4.99 Å². The lowest BCUT2D eigenvalue weighted by Crippen LogP contribution is -2.48. The Morgan fingerprint density at radius 1 is 1.29 bits per heavy atom. The van der Waals surface area contributed by atoms with E-state index in [1.165, 1.54) is 11.1 Å². The summed E-state index contributed by atoms with van der Waals surface area (Å²) in [6, 6.07) is 9.04. The van der Waals surface area contributed by atoms with Gasteiger partial charge in [0.1, 0.15) is 12.2 Å². The third kappa shape index (κ3) is 4.35. The van der Waals surface area contributed by atoms with Gasteiger partial charge in [-0.2, -0.15) is 5.10 Å². The summed E-state index contributed by atoms with van der Waals surface area (Å²) in [4.78, 5) is 8.72. The van der Waals surface area contributed by atoms with Crippen molar-refractivity contribution in [3.05, 3.63) is 47.5 Å². The average molecular weight is 383 g/mol. The summed E-state index contributed by atoms with van der Waals surface area (Å²) >= 11 is 0. The number of hydrogen-bond donors (Lipinski definition) is 2. The maximum absolute atomic E-state index is 6.14. The second-order valence-electron chi connectivity index (χ2n) is 7.80. The topological polar surface area (TPSA) is 76.4 Å². The molecule has 2 aliphatic heterocycles. The van der Waals surface area contributed by atoms with Gasteiger partial charge in [-0.05, 0) is 31.7 Å². The number of guanidine groups is 1. The van der Waals surface area contributed by atoms with Crippen molar-refractivity contribution >= 4 is 5.96 Å². The molecule has 0 spiro atoms. The van der Waals surface area contributed by atoms with E-state index in [0.29, 0.717) is 12.0 Å². The van der Waals surface area contributed by atoms with Crippen LogP contribution < -0.4 is 10.6 Å². The number of aryl methyl sites for hydroxylation is 2. The number of rotatable bonds is 4. The minimum Gasteiger partial charge on any atom is -0.373 e. The van der Waals surface area contributed by atoms with E-state index < -0.39 is 0 Å². The lowest BCUT2D eigenvalue weighted by molar-refractivity contribution is -0.0265. The maximum atomic E-state index is 6.14. The van der Waals surface area contributed by atoms with Gasteiger partial charge in [0.05, 0.1) is 12.6 Å². The second-order valence-corrected chi connectivity index (χ2v) is 7.80. The molecule has 0 saturated carbocycles. The van der Waals surface area contributed by atoms with Gasteiger partial charge in [-0.25, -0.2) is 9.67 Å². The van der Waals surface area contributed by atoms with Gasteiger partial charge in [-0.15, -0.1) is 0 Å². The molecule has 2 N–H and O–H groups in total. The summed E-state index contributed by atoms with van der Waals surface area (Å²) in [5.74, 6) is 2.35. The third-order valence-electron chi connectivity index (χ3n) is 5.75.